The van der Waals surface area contributed by atoms with Crippen LogP contribution < -0.4 is 5.32 Å². The summed E-state index contributed by atoms with van der Waals surface area (Å²) < 4.78 is 0. The average molecular weight is 153 g/mol. The van der Waals surface area contributed by atoms with E-state index in [0.717, 1.165) is 26.2 Å². The van der Waals surface area contributed by atoms with E-state index in [2.05, 4.69) is 23.2 Å². The van der Waals surface area contributed by atoms with Crippen molar-refractivity contribution in [2.24, 2.45) is 0 Å². The molecule has 0 aliphatic carbocycles. The molecule has 1 heterocycles. The Balaban J connectivity index is 2.18. The van der Waals surface area contributed by atoms with Gasteiger partial charge in [0.15, 0.2) is 0 Å². The average Bonchev–Trinajstić information content (AvgIpc) is 2.01. The highest BCUT2D eigenvalue weighted by atomic mass is 15.2. The third-order valence-electron chi connectivity index (χ3n) is 1.99. The molecule has 3 heteroatoms. The van der Waals surface area contributed by atoms with Crippen molar-refractivity contribution >= 4 is 0 Å². The Labute approximate surface area is 68.0 Å². The van der Waals surface area contributed by atoms with E-state index in [4.69, 9.17) is 5.26 Å². The summed E-state index contributed by atoms with van der Waals surface area (Å²) in [5, 5.41) is 11.7. The highest BCUT2D eigenvalue weighted by Gasteiger charge is 2.13. The summed E-state index contributed by atoms with van der Waals surface area (Å²) in [5.41, 5.74) is 0. The SMILES string of the molecule is C[C@H]1CN(CCC#N)CCN1. The molecule has 0 aromatic rings. The van der Waals surface area contributed by atoms with Gasteiger partial charge in [0.2, 0.25) is 0 Å². The molecule has 0 bridgehead atoms. The Kier molecular flexibility index (Phi) is 3.34. The quantitative estimate of drug-likeness (QED) is 0.615. The molecule has 1 fully saturated rings. The zero-order valence-corrected chi connectivity index (χ0v) is 7.01. The number of piperazine rings is 1. The normalized spacial score (nSPS) is 26.4. The molecule has 1 aliphatic rings. The van der Waals surface area contributed by atoms with Crippen LogP contribution in [0.4, 0.5) is 0 Å². The standard InChI is InChI=1S/C8H15N3/c1-8-7-11(5-2-3-9)6-4-10-8/h8,10H,2,4-7H2,1H3/t8-/m0/s1. The van der Waals surface area contributed by atoms with Crippen LogP contribution in [0.15, 0.2) is 0 Å². The molecule has 1 rings (SSSR count). The topological polar surface area (TPSA) is 39.1 Å². The first-order valence-electron chi connectivity index (χ1n) is 4.15. The van der Waals surface area contributed by atoms with Crippen LogP contribution in [0.5, 0.6) is 0 Å². The van der Waals surface area contributed by atoms with Gasteiger partial charge in [0, 0.05) is 38.6 Å². The van der Waals surface area contributed by atoms with Crippen molar-refractivity contribution in [2.45, 2.75) is 19.4 Å². The van der Waals surface area contributed by atoms with Crippen molar-refractivity contribution < 1.29 is 0 Å². The van der Waals surface area contributed by atoms with Gasteiger partial charge in [-0.1, -0.05) is 0 Å². The van der Waals surface area contributed by atoms with E-state index in [1.807, 2.05) is 0 Å². The second-order valence-corrected chi connectivity index (χ2v) is 3.06. The van der Waals surface area contributed by atoms with E-state index in [1.165, 1.54) is 0 Å². The lowest BCUT2D eigenvalue weighted by Crippen LogP contribution is -2.49. The molecule has 11 heavy (non-hydrogen) atoms. The van der Waals surface area contributed by atoms with Gasteiger partial charge in [-0.3, -0.25) is 4.90 Å². The number of nitriles is 1. The lowest BCUT2D eigenvalue weighted by molar-refractivity contribution is 0.211. The molecule has 0 saturated carbocycles. The van der Waals surface area contributed by atoms with Crippen LogP contribution in [-0.2, 0) is 0 Å². The zero-order chi connectivity index (χ0) is 8.10. The fourth-order valence-electron chi connectivity index (χ4n) is 1.42. The second-order valence-electron chi connectivity index (χ2n) is 3.06. The van der Waals surface area contributed by atoms with Crippen LogP contribution >= 0.6 is 0 Å². The molecule has 0 aromatic carbocycles. The number of nitrogens with zero attached hydrogens (tertiary/aromatic N) is 2. The van der Waals surface area contributed by atoms with Gasteiger partial charge in [-0.25, -0.2) is 0 Å². The molecular weight excluding hydrogens is 138 g/mol. The smallest absolute Gasteiger partial charge is 0.0635 e. The Morgan fingerprint density at radius 3 is 3.18 bits per heavy atom. The van der Waals surface area contributed by atoms with Crippen LogP contribution in [0.25, 0.3) is 0 Å². The lowest BCUT2D eigenvalue weighted by Gasteiger charge is -2.31. The second kappa shape index (κ2) is 4.32. The van der Waals surface area contributed by atoms with E-state index in [9.17, 15) is 0 Å². The van der Waals surface area contributed by atoms with Gasteiger partial charge in [0.05, 0.1) is 6.07 Å². The predicted molar refractivity (Wildman–Crippen MR) is 44.1 cm³/mol. The van der Waals surface area contributed by atoms with Crippen LogP contribution in [0.3, 0.4) is 0 Å². The van der Waals surface area contributed by atoms with Crippen molar-refractivity contribution in [3.05, 3.63) is 0 Å². The van der Waals surface area contributed by atoms with Crippen LogP contribution in [0.2, 0.25) is 0 Å². The molecule has 1 aliphatic heterocycles. The van der Waals surface area contributed by atoms with Crippen molar-refractivity contribution in [3.8, 4) is 6.07 Å². The predicted octanol–water partition coefficient (Wildman–Crippen LogP) is 0.194. The first kappa shape index (κ1) is 8.51. The van der Waals surface area contributed by atoms with Crippen molar-refractivity contribution in [3.63, 3.8) is 0 Å². The third-order valence-corrected chi connectivity index (χ3v) is 1.99. The highest BCUT2D eigenvalue weighted by Crippen LogP contribution is 1.98. The first-order chi connectivity index (χ1) is 5.33. The molecule has 1 atom stereocenters. The van der Waals surface area contributed by atoms with E-state index in [-0.39, 0.29) is 0 Å². The van der Waals surface area contributed by atoms with Crippen LogP contribution in [0, 0.1) is 11.3 Å². The number of nitrogens with one attached hydrogen (secondary N) is 1. The summed E-state index contributed by atoms with van der Waals surface area (Å²) in [7, 11) is 0. The summed E-state index contributed by atoms with van der Waals surface area (Å²) in [4.78, 5) is 2.34. The van der Waals surface area contributed by atoms with E-state index < -0.39 is 0 Å². The molecule has 1 N–H and O–H groups in total. The van der Waals surface area contributed by atoms with Crippen molar-refractivity contribution in [1.82, 2.24) is 10.2 Å². The van der Waals surface area contributed by atoms with Crippen molar-refractivity contribution in [2.75, 3.05) is 26.2 Å². The minimum Gasteiger partial charge on any atom is -0.312 e. The Hall–Kier alpha value is -0.590. The fourth-order valence-corrected chi connectivity index (χ4v) is 1.42. The minimum atomic E-state index is 0.586. The molecule has 0 amide bonds. The molecule has 1 saturated heterocycles. The maximum atomic E-state index is 8.37. The van der Waals surface area contributed by atoms with Crippen LogP contribution in [-0.4, -0.2) is 37.1 Å². The lowest BCUT2D eigenvalue weighted by atomic mass is 10.2. The van der Waals surface area contributed by atoms with E-state index in [1.54, 1.807) is 0 Å². The number of rotatable bonds is 2. The summed E-state index contributed by atoms with van der Waals surface area (Å²) in [6, 6.07) is 2.75. The Morgan fingerprint density at radius 2 is 2.55 bits per heavy atom. The van der Waals surface area contributed by atoms with Gasteiger partial charge in [-0.2, -0.15) is 5.26 Å². The maximum absolute atomic E-state index is 8.37. The third kappa shape index (κ3) is 2.87. The molecule has 3 nitrogen and oxygen atoms in total. The van der Waals surface area contributed by atoms with Gasteiger partial charge < -0.3 is 5.32 Å². The van der Waals surface area contributed by atoms with Crippen molar-refractivity contribution in [1.29, 1.82) is 5.26 Å². The van der Waals surface area contributed by atoms with Gasteiger partial charge >= 0.3 is 0 Å². The van der Waals surface area contributed by atoms with E-state index in [0.29, 0.717) is 12.5 Å². The first-order valence-corrected chi connectivity index (χ1v) is 4.15. The summed E-state index contributed by atoms with van der Waals surface area (Å²) in [6.07, 6.45) is 0.659. The van der Waals surface area contributed by atoms with Gasteiger partial charge in [-0.15, -0.1) is 0 Å². The zero-order valence-electron chi connectivity index (χ0n) is 7.01. The maximum Gasteiger partial charge on any atom is 0.0635 e. The largest absolute Gasteiger partial charge is 0.312 e. The van der Waals surface area contributed by atoms with Gasteiger partial charge in [-0.05, 0) is 6.92 Å². The number of hydrogen-bond donors (Lipinski definition) is 1. The molecule has 0 unspecified atom stereocenters. The summed E-state index contributed by atoms with van der Waals surface area (Å²) >= 11 is 0. The Bertz CT molecular complexity index is 150. The highest BCUT2D eigenvalue weighted by molar-refractivity contribution is 4.78. The van der Waals surface area contributed by atoms with Gasteiger partial charge in [0.1, 0.15) is 0 Å². The summed E-state index contributed by atoms with van der Waals surface area (Å²) in [6.45, 7) is 6.35. The molecule has 0 aromatic heterocycles. The molecule has 62 valence electrons. The fraction of sp³-hybridized carbons (Fsp3) is 0.875. The van der Waals surface area contributed by atoms with Gasteiger partial charge in [0.25, 0.3) is 0 Å². The number of hydrogen-bond acceptors (Lipinski definition) is 3. The minimum absolute atomic E-state index is 0.586. The molecule has 0 spiro atoms. The molecule has 0 radical (unpaired) electrons. The summed E-state index contributed by atoms with van der Waals surface area (Å²) in [5.74, 6) is 0. The monoisotopic (exact) mass is 153 g/mol. The molecular formula is C8H15N3. The Morgan fingerprint density at radius 1 is 1.73 bits per heavy atom. The van der Waals surface area contributed by atoms with Crippen LogP contribution in [0.1, 0.15) is 13.3 Å². The van der Waals surface area contributed by atoms with E-state index >= 15 is 0 Å².